The number of benzene rings is 2. The van der Waals surface area contributed by atoms with Gasteiger partial charge in [-0.05, 0) is 47.4 Å². The minimum Gasteiger partial charge on any atom is -0.276 e. The van der Waals surface area contributed by atoms with Crippen LogP contribution >= 0.6 is 11.8 Å². The van der Waals surface area contributed by atoms with E-state index >= 15 is 0 Å². The van der Waals surface area contributed by atoms with E-state index in [4.69, 9.17) is 0 Å². The van der Waals surface area contributed by atoms with Crippen LogP contribution in [0.1, 0.15) is 16.7 Å². The van der Waals surface area contributed by atoms with Gasteiger partial charge >= 0.3 is 0 Å². The number of pyridine rings is 1. The molecular formula is C22H19FN4O2S2. The molecule has 0 bridgehead atoms. The van der Waals surface area contributed by atoms with Crippen molar-refractivity contribution in [1.29, 1.82) is 0 Å². The second kappa shape index (κ2) is 8.07. The van der Waals surface area contributed by atoms with Crippen LogP contribution in [0.15, 0.2) is 76.9 Å². The van der Waals surface area contributed by atoms with Gasteiger partial charge in [0.15, 0.2) is 10.8 Å². The summed E-state index contributed by atoms with van der Waals surface area (Å²) >= 11 is 1.38. The van der Waals surface area contributed by atoms with Crippen molar-refractivity contribution in [1.82, 2.24) is 18.9 Å². The fourth-order valence-corrected chi connectivity index (χ4v) is 6.16. The molecule has 0 fully saturated rings. The van der Waals surface area contributed by atoms with Crippen LogP contribution in [0.25, 0.3) is 5.65 Å². The minimum absolute atomic E-state index is 0.138. The molecule has 0 aliphatic carbocycles. The summed E-state index contributed by atoms with van der Waals surface area (Å²) in [6, 6.07) is 17.5. The zero-order chi connectivity index (χ0) is 21.4. The van der Waals surface area contributed by atoms with E-state index in [0.29, 0.717) is 36.1 Å². The molecule has 4 aromatic rings. The molecule has 31 heavy (non-hydrogen) atoms. The first-order valence-corrected chi connectivity index (χ1v) is 12.2. The van der Waals surface area contributed by atoms with Gasteiger partial charge in [-0.1, -0.05) is 48.2 Å². The van der Waals surface area contributed by atoms with Gasteiger partial charge in [0.25, 0.3) is 0 Å². The van der Waals surface area contributed by atoms with Crippen molar-refractivity contribution in [3.05, 3.63) is 89.4 Å². The summed E-state index contributed by atoms with van der Waals surface area (Å²) < 4.78 is 43.5. The molecule has 1 aliphatic heterocycles. The molecule has 0 spiro atoms. The predicted octanol–water partition coefficient (Wildman–Crippen LogP) is 3.91. The fraction of sp³-hybridized carbons (Fsp3) is 0.182. The zero-order valence-corrected chi connectivity index (χ0v) is 18.1. The molecular weight excluding hydrogens is 435 g/mol. The average molecular weight is 455 g/mol. The Morgan fingerprint density at radius 3 is 2.68 bits per heavy atom. The van der Waals surface area contributed by atoms with Crippen molar-refractivity contribution in [3.8, 4) is 0 Å². The summed E-state index contributed by atoms with van der Waals surface area (Å²) in [6.07, 6.45) is 2.42. The Bertz CT molecular complexity index is 1370. The first-order chi connectivity index (χ1) is 15.0. The number of hydrogen-bond donors (Lipinski definition) is 0. The highest BCUT2D eigenvalue weighted by Gasteiger charge is 2.31. The predicted molar refractivity (Wildman–Crippen MR) is 117 cm³/mol. The van der Waals surface area contributed by atoms with Crippen molar-refractivity contribution < 1.29 is 12.8 Å². The van der Waals surface area contributed by atoms with Crippen molar-refractivity contribution in [2.45, 2.75) is 28.8 Å². The van der Waals surface area contributed by atoms with Crippen molar-refractivity contribution in [3.63, 3.8) is 0 Å². The first-order valence-electron chi connectivity index (χ1n) is 9.80. The van der Waals surface area contributed by atoms with Gasteiger partial charge in [-0.3, -0.25) is 4.40 Å². The molecule has 9 heteroatoms. The van der Waals surface area contributed by atoms with Crippen LogP contribution in [0.3, 0.4) is 0 Å². The van der Waals surface area contributed by atoms with Gasteiger partial charge in [-0.15, -0.1) is 10.2 Å². The summed E-state index contributed by atoms with van der Waals surface area (Å²) in [5.74, 6) is 0.207. The maximum Gasteiger partial charge on any atom is 0.247 e. The number of thioether (sulfide) groups is 1. The first kappa shape index (κ1) is 20.2. The highest BCUT2D eigenvalue weighted by molar-refractivity contribution is 7.98. The Morgan fingerprint density at radius 2 is 1.84 bits per heavy atom. The van der Waals surface area contributed by atoms with E-state index in [-0.39, 0.29) is 10.7 Å². The Kier molecular flexibility index (Phi) is 5.25. The fourth-order valence-electron chi connectivity index (χ4n) is 3.76. The Balaban J connectivity index is 1.44. The normalized spacial score (nSPS) is 14.6. The van der Waals surface area contributed by atoms with Gasteiger partial charge in [0.2, 0.25) is 10.0 Å². The summed E-state index contributed by atoms with van der Waals surface area (Å²) in [5, 5.41) is 8.91. The van der Waals surface area contributed by atoms with Crippen LogP contribution < -0.4 is 0 Å². The number of hydrogen-bond acceptors (Lipinski definition) is 5. The maximum absolute atomic E-state index is 13.4. The lowest BCUT2D eigenvalue weighted by Crippen LogP contribution is -2.36. The van der Waals surface area contributed by atoms with Crippen LogP contribution in [-0.4, -0.2) is 33.9 Å². The van der Waals surface area contributed by atoms with Crippen LogP contribution in [0.2, 0.25) is 0 Å². The number of sulfonamides is 1. The van der Waals surface area contributed by atoms with Crippen molar-refractivity contribution in [2.75, 3.05) is 6.54 Å². The number of rotatable bonds is 5. The molecule has 2 aromatic heterocycles. The van der Waals surface area contributed by atoms with E-state index in [1.807, 2.05) is 30.3 Å². The van der Waals surface area contributed by atoms with E-state index in [1.165, 1.54) is 33.8 Å². The smallest absolute Gasteiger partial charge is 0.247 e. The monoisotopic (exact) mass is 454 g/mol. The number of halogens is 1. The molecule has 158 valence electrons. The molecule has 1 aliphatic rings. The standard InChI is InChI=1S/C22H19FN4O2S2/c23-19-8-3-5-16(13-19)15-30-22-25-24-21-20(9-4-11-27(21)22)31(28,29)26-12-10-17-6-1-2-7-18(17)14-26/h1-9,11,13H,10,12,14-15H2. The van der Waals surface area contributed by atoms with Gasteiger partial charge in [0.05, 0.1) is 0 Å². The Morgan fingerprint density at radius 1 is 1.00 bits per heavy atom. The lowest BCUT2D eigenvalue weighted by atomic mass is 10.0. The highest BCUT2D eigenvalue weighted by Crippen LogP contribution is 2.29. The van der Waals surface area contributed by atoms with Crippen LogP contribution in [-0.2, 0) is 28.7 Å². The molecule has 0 N–H and O–H groups in total. The van der Waals surface area contributed by atoms with Gasteiger partial charge in [-0.2, -0.15) is 4.31 Å². The summed E-state index contributed by atoms with van der Waals surface area (Å²) in [7, 11) is -3.74. The van der Waals surface area contributed by atoms with E-state index in [9.17, 15) is 12.8 Å². The SMILES string of the molecule is O=S(=O)(c1cccn2c(SCc3cccc(F)c3)nnc12)N1CCc2ccccc2C1. The lowest BCUT2D eigenvalue weighted by molar-refractivity contribution is 0.391. The molecule has 0 unspecified atom stereocenters. The molecule has 0 radical (unpaired) electrons. The van der Waals surface area contributed by atoms with E-state index in [1.54, 1.807) is 28.8 Å². The topological polar surface area (TPSA) is 67.6 Å². The zero-order valence-electron chi connectivity index (χ0n) is 16.5. The Labute approximate surface area is 183 Å². The molecule has 0 atom stereocenters. The molecule has 5 rings (SSSR count). The number of fused-ring (bicyclic) bond motifs is 2. The van der Waals surface area contributed by atoms with E-state index in [2.05, 4.69) is 10.2 Å². The van der Waals surface area contributed by atoms with Crippen LogP contribution in [0, 0.1) is 5.82 Å². The lowest BCUT2D eigenvalue weighted by Gasteiger charge is -2.28. The minimum atomic E-state index is -3.74. The molecule has 3 heterocycles. The van der Waals surface area contributed by atoms with Crippen molar-refractivity contribution in [2.24, 2.45) is 0 Å². The largest absolute Gasteiger partial charge is 0.276 e. The molecule has 0 amide bonds. The summed E-state index contributed by atoms with van der Waals surface area (Å²) in [5.41, 5.74) is 3.32. The second-order valence-electron chi connectivity index (χ2n) is 7.32. The van der Waals surface area contributed by atoms with Gasteiger partial charge in [0.1, 0.15) is 10.7 Å². The third-order valence-electron chi connectivity index (χ3n) is 5.34. The van der Waals surface area contributed by atoms with Gasteiger partial charge in [-0.25, -0.2) is 12.8 Å². The third kappa shape index (κ3) is 3.84. The average Bonchev–Trinajstić information content (AvgIpc) is 3.20. The molecule has 0 saturated heterocycles. The summed E-state index contributed by atoms with van der Waals surface area (Å²) in [4.78, 5) is 0.138. The second-order valence-corrected chi connectivity index (χ2v) is 10.2. The van der Waals surface area contributed by atoms with Gasteiger partial charge in [0, 0.05) is 25.0 Å². The van der Waals surface area contributed by atoms with Crippen LogP contribution in [0.5, 0.6) is 0 Å². The van der Waals surface area contributed by atoms with E-state index < -0.39 is 10.0 Å². The quantitative estimate of drug-likeness (QED) is 0.428. The summed E-state index contributed by atoms with van der Waals surface area (Å²) in [6.45, 7) is 0.768. The van der Waals surface area contributed by atoms with Crippen LogP contribution in [0.4, 0.5) is 4.39 Å². The van der Waals surface area contributed by atoms with E-state index in [0.717, 1.165) is 11.1 Å². The molecule has 2 aromatic carbocycles. The maximum atomic E-state index is 13.4. The Hall–Kier alpha value is -2.75. The number of aromatic nitrogens is 3. The molecule has 0 saturated carbocycles. The van der Waals surface area contributed by atoms with Gasteiger partial charge < -0.3 is 0 Å². The number of nitrogens with zero attached hydrogens (tertiary/aromatic N) is 4. The molecule has 6 nitrogen and oxygen atoms in total. The van der Waals surface area contributed by atoms with Crippen molar-refractivity contribution >= 4 is 27.4 Å². The third-order valence-corrected chi connectivity index (χ3v) is 8.22. The highest BCUT2D eigenvalue weighted by atomic mass is 32.2.